The first-order chi connectivity index (χ1) is 9.63. The normalized spacial score (nSPS) is 19.1. The van der Waals surface area contributed by atoms with Crippen LogP contribution in [0.5, 0.6) is 0 Å². The molecule has 1 aliphatic heterocycles. The molecule has 3 rings (SSSR count). The number of carbonyl (C=O) groups is 1. The van der Waals surface area contributed by atoms with E-state index < -0.39 is 0 Å². The summed E-state index contributed by atoms with van der Waals surface area (Å²) in [4.78, 5) is 16.2. The van der Waals surface area contributed by atoms with Crippen molar-refractivity contribution in [1.29, 1.82) is 0 Å². The van der Waals surface area contributed by atoms with Crippen LogP contribution < -0.4 is 10.2 Å². The van der Waals surface area contributed by atoms with Crippen molar-refractivity contribution in [3.05, 3.63) is 28.8 Å². The number of benzene rings is 1. The minimum Gasteiger partial charge on any atom is -0.368 e. The van der Waals surface area contributed by atoms with Crippen molar-refractivity contribution in [3.63, 3.8) is 0 Å². The quantitative estimate of drug-likeness (QED) is 0.910. The highest BCUT2D eigenvalue weighted by Gasteiger charge is 2.27. The topological polar surface area (TPSA) is 35.6 Å². The van der Waals surface area contributed by atoms with Gasteiger partial charge in [0.1, 0.15) is 0 Å². The fourth-order valence-corrected chi connectivity index (χ4v) is 2.61. The van der Waals surface area contributed by atoms with Crippen molar-refractivity contribution in [2.24, 2.45) is 0 Å². The summed E-state index contributed by atoms with van der Waals surface area (Å²) < 4.78 is 0. The highest BCUT2D eigenvalue weighted by molar-refractivity contribution is 6.31. The molecular weight excluding hydrogens is 274 g/mol. The summed E-state index contributed by atoms with van der Waals surface area (Å²) in [5, 5.41) is 3.84. The van der Waals surface area contributed by atoms with Gasteiger partial charge < -0.3 is 15.1 Å². The first-order valence-electron chi connectivity index (χ1n) is 7.20. The second-order valence-electron chi connectivity index (χ2n) is 5.63. The molecule has 1 N–H and O–H groups in total. The van der Waals surface area contributed by atoms with Gasteiger partial charge in [-0.15, -0.1) is 0 Å². The third kappa shape index (κ3) is 3.01. The van der Waals surface area contributed by atoms with Crippen LogP contribution in [-0.2, 0) is 0 Å². The molecule has 0 unspecified atom stereocenters. The number of halogens is 1. The van der Waals surface area contributed by atoms with Crippen LogP contribution in [0, 0.1) is 6.92 Å². The third-order valence-electron chi connectivity index (χ3n) is 3.99. The van der Waals surface area contributed by atoms with Gasteiger partial charge in [-0.25, -0.2) is 4.79 Å². The summed E-state index contributed by atoms with van der Waals surface area (Å²) in [5.74, 6) is 0. The van der Waals surface area contributed by atoms with E-state index in [4.69, 9.17) is 11.6 Å². The molecule has 2 aliphatic rings. The van der Waals surface area contributed by atoms with E-state index in [0.717, 1.165) is 55.3 Å². The summed E-state index contributed by atoms with van der Waals surface area (Å²) in [5.41, 5.74) is 2.24. The molecular formula is C15H20ClN3O. The van der Waals surface area contributed by atoms with Crippen molar-refractivity contribution >= 4 is 23.3 Å². The molecule has 2 amide bonds. The molecule has 1 aromatic rings. The largest absolute Gasteiger partial charge is 0.368 e. The lowest BCUT2D eigenvalue weighted by molar-refractivity contribution is 0.194. The standard InChI is InChI=1S/C15H20ClN3O/c1-11-2-5-13(10-14(11)16)18-6-8-19(9-7-18)15(20)17-12-3-4-12/h2,5,10,12H,3-4,6-9H2,1H3,(H,17,20). The number of hydrogen-bond acceptors (Lipinski definition) is 2. The van der Waals surface area contributed by atoms with Crippen LogP contribution in [0.3, 0.4) is 0 Å². The number of piperazine rings is 1. The van der Waals surface area contributed by atoms with Gasteiger partial charge in [0.2, 0.25) is 0 Å². The van der Waals surface area contributed by atoms with Crippen LogP contribution in [0.15, 0.2) is 18.2 Å². The molecule has 0 spiro atoms. The minimum absolute atomic E-state index is 0.0917. The molecule has 4 nitrogen and oxygen atoms in total. The van der Waals surface area contributed by atoms with Gasteiger partial charge in [0.05, 0.1) is 0 Å². The number of amides is 2. The average molecular weight is 294 g/mol. The van der Waals surface area contributed by atoms with Crippen LogP contribution in [-0.4, -0.2) is 43.2 Å². The van der Waals surface area contributed by atoms with Crippen LogP contribution in [0.25, 0.3) is 0 Å². The second-order valence-corrected chi connectivity index (χ2v) is 6.04. The number of nitrogens with one attached hydrogen (secondary N) is 1. The van der Waals surface area contributed by atoms with E-state index in [0.29, 0.717) is 6.04 Å². The molecule has 0 aromatic heterocycles. The summed E-state index contributed by atoms with van der Waals surface area (Å²) in [6.45, 7) is 5.26. The van der Waals surface area contributed by atoms with Crippen molar-refractivity contribution in [1.82, 2.24) is 10.2 Å². The fraction of sp³-hybridized carbons (Fsp3) is 0.533. The number of aryl methyl sites for hydroxylation is 1. The minimum atomic E-state index is 0.0917. The Labute approximate surface area is 124 Å². The first-order valence-corrected chi connectivity index (χ1v) is 7.58. The molecule has 0 atom stereocenters. The van der Waals surface area contributed by atoms with E-state index in [1.54, 1.807) is 0 Å². The van der Waals surface area contributed by atoms with Crippen LogP contribution in [0.1, 0.15) is 18.4 Å². The smallest absolute Gasteiger partial charge is 0.317 e. The van der Waals surface area contributed by atoms with E-state index in [1.807, 2.05) is 24.0 Å². The fourth-order valence-electron chi connectivity index (χ4n) is 2.44. The summed E-state index contributed by atoms with van der Waals surface area (Å²) >= 11 is 6.18. The zero-order valence-electron chi connectivity index (χ0n) is 11.7. The molecule has 1 aliphatic carbocycles. The van der Waals surface area contributed by atoms with E-state index in [2.05, 4.69) is 16.3 Å². The second kappa shape index (κ2) is 5.52. The lowest BCUT2D eigenvalue weighted by Crippen LogP contribution is -2.52. The van der Waals surface area contributed by atoms with E-state index >= 15 is 0 Å². The first kappa shape index (κ1) is 13.6. The third-order valence-corrected chi connectivity index (χ3v) is 4.40. The molecule has 1 saturated heterocycles. The zero-order chi connectivity index (χ0) is 14.1. The van der Waals surface area contributed by atoms with Crippen LogP contribution >= 0.6 is 11.6 Å². The van der Waals surface area contributed by atoms with Gasteiger partial charge in [0.25, 0.3) is 0 Å². The zero-order valence-corrected chi connectivity index (χ0v) is 12.5. The maximum atomic E-state index is 12.0. The van der Waals surface area contributed by atoms with Gasteiger partial charge in [-0.2, -0.15) is 0 Å². The Kier molecular flexibility index (Phi) is 3.74. The summed E-state index contributed by atoms with van der Waals surface area (Å²) in [7, 11) is 0. The Bertz CT molecular complexity index is 508. The SMILES string of the molecule is Cc1ccc(N2CCN(C(=O)NC3CC3)CC2)cc1Cl. The lowest BCUT2D eigenvalue weighted by atomic mass is 10.2. The van der Waals surface area contributed by atoms with Gasteiger partial charge in [-0.05, 0) is 37.5 Å². The van der Waals surface area contributed by atoms with Crippen LogP contribution in [0.4, 0.5) is 10.5 Å². The van der Waals surface area contributed by atoms with Gasteiger partial charge in [-0.1, -0.05) is 17.7 Å². The van der Waals surface area contributed by atoms with Crippen molar-refractivity contribution < 1.29 is 4.79 Å². The summed E-state index contributed by atoms with van der Waals surface area (Å²) in [6, 6.07) is 6.67. The number of carbonyl (C=O) groups excluding carboxylic acids is 1. The average Bonchev–Trinajstić information content (AvgIpc) is 3.26. The molecule has 108 valence electrons. The number of anilines is 1. The maximum absolute atomic E-state index is 12.0. The van der Waals surface area contributed by atoms with E-state index in [9.17, 15) is 4.79 Å². The molecule has 1 heterocycles. The molecule has 0 radical (unpaired) electrons. The van der Waals surface area contributed by atoms with Gasteiger partial charge in [0.15, 0.2) is 0 Å². The van der Waals surface area contributed by atoms with E-state index in [1.165, 1.54) is 0 Å². The molecule has 5 heteroatoms. The molecule has 2 fully saturated rings. The Morgan fingerprint density at radius 2 is 1.95 bits per heavy atom. The molecule has 0 bridgehead atoms. The predicted octanol–water partition coefficient (Wildman–Crippen LogP) is 2.64. The highest BCUT2D eigenvalue weighted by Crippen LogP contribution is 2.24. The number of urea groups is 1. The predicted molar refractivity (Wildman–Crippen MR) is 81.5 cm³/mol. The molecule has 20 heavy (non-hydrogen) atoms. The lowest BCUT2D eigenvalue weighted by Gasteiger charge is -2.36. The molecule has 1 aromatic carbocycles. The van der Waals surface area contributed by atoms with Crippen molar-refractivity contribution in [2.75, 3.05) is 31.1 Å². The Morgan fingerprint density at radius 1 is 1.25 bits per heavy atom. The summed E-state index contributed by atoms with van der Waals surface area (Å²) in [6.07, 6.45) is 2.27. The van der Waals surface area contributed by atoms with Gasteiger partial charge >= 0.3 is 6.03 Å². The van der Waals surface area contributed by atoms with E-state index in [-0.39, 0.29) is 6.03 Å². The van der Waals surface area contributed by atoms with Gasteiger partial charge in [0, 0.05) is 42.9 Å². The van der Waals surface area contributed by atoms with Crippen LogP contribution in [0.2, 0.25) is 5.02 Å². The van der Waals surface area contributed by atoms with Gasteiger partial charge in [-0.3, -0.25) is 0 Å². The Balaban J connectivity index is 1.57. The highest BCUT2D eigenvalue weighted by atomic mass is 35.5. The maximum Gasteiger partial charge on any atom is 0.317 e. The monoisotopic (exact) mass is 293 g/mol. The van der Waals surface area contributed by atoms with Crippen molar-refractivity contribution in [3.8, 4) is 0 Å². The Morgan fingerprint density at radius 3 is 2.55 bits per heavy atom. The number of hydrogen-bond donors (Lipinski definition) is 1. The number of nitrogens with zero attached hydrogens (tertiary/aromatic N) is 2. The van der Waals surface area contributed by atoms with Crippen molar-refractivity contribution in [2.45, 2.75) is 25.8 Å². The number of rotatable bonds is 2. The molecule has 1 saturated carbocycles. The Hall–Kier alpha value is -1.42.